The van der Waals surface area contributed by atoms with Gasteiger partial charge in [0.25, 0.3) is 0 Å². The number of aromatic nitrogens is 2. The van der Waals surface area contributed by atoms with Crippen molar-refractivity contribution in [2.45, 2.75) is 45.6 Å². The molecule has 1 aliphatic heterocycles. The average molecular weight is 433 g/mol. The Labute approximate surface area is 189 Å². The van der Waals surface area contributed by atoms with E-state index in [-0.39, 0.29) is 11.8 Å². The summed E-state index contributed by atoms with van der Waals surface area (Å²) >= 11 is 0. The van der Waals surface area contributed by atoms with Crippen LogP contribution in [0.25, 0.3) is 11.0 Å². The van der Waals surface area contributed by atoms with E-state index in [9.17, 15) is 9.59 Å². The number of piperidine rings is 1. The standard InChI is InChI=1S/C26H32N4O2/c1-20-13-16-29(17-14-20)26(32)19-30-23-11-6-5-10-22(23)28-24(30)12-7-15-27-25(31)18-21-8-3-2-4-9-21/h2-6,8-11,20H,7,12-19H2,1H3,(H,27,31). The lowest BCUT2D eigenvalue weighted by Crippen LogP contribution is -2.40. The van der Waals surface area contributed by atoms with Gasteiger partial charge in [-0.1, -0.05) is 49.4 Å². The van der Waals surface area contributed by atoms with Crippen molar-refractivity contribution in [3.63, 3.8) is 0 Å². The number of hydrogen-bond acceptors (Lipinski definition) is 3. The minimum atomic E-state index is 0.0270. The lowest BCUT2D eigenvalue weighted by molar-refractivity contribution is -0.133. The number of rotatable bonds is 8. The van der Waals surface area contributed by atoms with Crippen LogP contribution in [0.3, 0.4) is 0 Å². The molecule has 1 aromatic heterocycles. The van der Waals surface area contributed by atoms with Gasteiger partial charge in [0.2, 0.25) is 11.8 Å². The second-order valence-corrected chi connectivity index (χ2v) is 8.78. The Morgan fingerprint density at radius 3 is 2.53 bits per heavy atom. The maximum Gasteiger partial charge on any atom is 0.242 e. The van der Waals surface area contributed by atoms with Crippen LogP contribution in [0.1, 0.15) is 37.6 Å². The molecular formula is C26H32N4O2. The van der Waals surface area contributed by atoms with Gasteiger partial charge in [-0.05, 0) is 42.9 Å². The zero-order chi connectivity index (χ0) is 22.3. The first-order chi connectivity index (χ1) is 15.6. The van der Waals surface area contributed by atoms with Crippen molar-refractivity contribution in [2.24, 2.45) is 5.92 Å². The summed E-state index contributed by atoms with van der Waals surface area (Å²) in [5.41, 5.74) is 2.92. The van der Waals surface area contributed by atoms with Crippen molar-refractivity contribution < 1.29 is 9.59 Å². The minimum Gasteiger partial charge on any atom is -0.356 e. The van der Waals surface area contributed by atoms with Crippen LogP contribution in [-0.4, -0.2) is 45.9 Å². The molecule has 0 bridgehead atoms. The number of para-hydroxylation sites is 2. The van der Waals surface area contributed by atoms with Crippen LogP contribution >= 0.6 is 0 Å². The smallest absolute Gasteiger partial charge is 0.242 e. The lowest BCUT2D eigenvalue weighted by Gasteiger charge is -2.30. The van der Waals surface area contributed by atoms with Crippen LogP contribution in [0.15, 0.2) is 54.6 Å². The largest absolute Gasteiger partial charge is 0.356 e. The highest BCUT2D eigenvalue weighted by atomic mass is 16.2. The Kier molecular flexibility index (Phi) is 7.20. The maximum absolute atomic E-state index is 13.0. The number of hydrogen-bond donors (Lipinski definition) is 1. The van der Waals surface area contributed by atoms with Crippen molar-refractivity contribution in [2.75, 3.05) is 19.6 Å². The molecule has 4 rings (SSSR count). The topological polar surface area (TPSA) is 67.2 Å². The molecule has 2 aromatic carbocycles. The van der Waals surface area contributed by atoms with Crippen molar-refractivity contribution in [3.05, 3.63) is 66.0 Å². The summed E-state index contributed by atoms with van der Waals surface area (Å²) in [5, 5.41) is 3.00. The summed E-state index contributed by atoms with van der Waals surface area (Å²) in [7, 11) is 0. The van der Waals surface area contributed by atoms with Gasteiger partial charge in [-0.15, -0.1) is 0 Å². The SMILES string of the molecule is CC1CCN(C(=O)Cn2c(CCCNC(=O)Cc3ccccc3)nc3ccccc32)CC1. The predicted octanol–water partition coefficient (Wildman–Crippen LogP) is 3.59. The second kappa shape index (κ2) is 10.4. The van der Waals surface area contributed by atoms with Crippen molar-refractivity contribution in [3.8, 4) is 0 Å². The normalized spacial score (nSPS) is 14.6. The number of carbonyl (C=O) groups excluding carboxylic acids is 2. The zero-order valence-electron chi connectivity index (χ0n) is 18.8. The van der Waals surface area contributed by atoms with Crippen LogP contribution in [0, 0.1) is 5.92 Å². The van der Waals surface area contributed by atoms with E-state index in [2.05, 4.69) is 16.8 Å². The summed E-state index contributed by atoms with van der Waals surface area (Å²) < 4.78 is 2.06. The highest BCUT2D eigenvalue weighted by Gasteiger charge is 2.22. The van der Waals surface area contributed by atoms with Gasteiger partial charge in [-0.2, -0.15) is 0 Å². The van der Waals surface area contributed by atoms with E-state index in [1.165, 1.54) is 0 Å². The van der Waals surface area contributed by atoms with E-state index >= 15 is 0 Å². The van der Waals surface area contributed by atoms with Crippen LogP contribution in [-0.2, 0) is 29.0 Å². The van der Waals surface area contributed by atoms with Gasteiger partial charge in [0.05, 0.1) is 17.5 Å². The number of amides is 2. The Balaban J connectivity index is 1.36. The molecule has 0 atom stereocenters. The number of imidazole rings is 1. The predicted molar refractivity (Wildman–Crippen MR) is 126 cm³/mol. The minimum absolute atomic E-state index is 0.0270. The first kappa shape index (κ1) is 22.1. The lowest BCUT2D eigenvalue weighted by atomic mass is 9.99. The van der Waals surface area contributed by atoms with Gasteiger partial charge >= 0.3 is 0 Å². The molecule has 168 valence electrons. The molecule has 1 aliphatic rings. The fraction of sp³-hybridized carbons (Fsp3) is 0.423. The molecule has 2 amide bonds. The molecule has 0 aliphatic carbocycles. The summed E-state index contributed by atoms with van der Waals surface area (Å²) in [6.45, 7) is 4.85. The van der Waals surface area contributed by atoms with Gasteiger partial charge in [-0.3, -0.25) is 9.59 Å². The first-order valence-corrected chi connectivity index (χ1v) is 11.6. The van der Waals surface area contributed by atoms with Crippen LogP contribution in [0.5, 0.6) is 0 Å². The molecule has 6 nitrogen and oxygen atoms in total. The molecule has 3 aromatic rings. The molecule has 1 saturated heterocycles. The molecule has 32 heavy (non-hydrogen) atoms. The summed E-state index contributed by atoms with van der Waals surface area (Å²) in [6, 6.07) is 17.7. The average Bonchev–Trinajstić information content (AvgIpc) is 3.15. The number of aryl methyl sites for hydroxylation is 1. The van der Waals surface area contributed by atoms with Crippen LogP contribution < -0.4 is 5.32 Å². The Morgan fingerprint density at radius 1 is 1.03 bits per heavy atom. The summed E-state index contributed by atoms with van der Waals surface area (Å²) in [4.78, 5) is 31.9. The summed E-state index contributed by atoms with van der Waals surface area (Å²) in [5.74, 6) is 1.79. The van der Waals surface area contributed by atoms with E-state index in [0.717, 1.165) is 54.8 Å². The fourth-order valence-corrected chi connectivity index (χ4v) is 4.30. The van der Waals surface area contributed by atoms with Gasteiger partial charge in [-0.25, -0.2) is 4.98 Å². The number of likely N-dealkylation sites (tertiary alicyclic amines) is 1. The molecular weight excluding hydrogens is 400 g/mol. The highest BCUT2D eigenvalue weighted by molar-refractivity contribution is 5.81. The van der Waals surface area contributed by atoms with E-state index in [1.54, 1.807) is 0 Å². The third-order valence-corrected chi connectivity index (χ3v) is 6.27. The molecule has 6 heteroatoms. The van der Waals surface area contributed by atoms with Crippen molar-refractivity contribution >= 4 is 22.8 Å². The molecule has 1 fully saturated rings. The fourth-order valence-electron chi connectivity index (χ4n) is 4.30. The monoisotopic (exact) mass is 432 g/mol. The van der Waals surface area contributed by atoms with Crippen LogP contribution in [0.4, 0.5) is 0 Å². The molecule has 1 N–H and O–H groups in total. The number of nitrogens with zero attached hydrogens (tertiary/aromatic N) is 3. The number of nitrogens with one attached hydrogen (secondary N) is 1. The van der Waals surface area contributed by atoms with E-state index in [0.29, 0.717) is 31.8 Å². The first-order valence-electron chi connectivity index (χ1n) is 11.6. The quantitative estimate of drug-likeness (QED) is 0.553. The summed E-state index contributed by atoms with van der Waals surface area (Å²) in [6.07, 6.45) is 4.03. The van der Waals surface area contributed by atoms with Gasteiger partial charge in [0.1, 0.15) is 12.4 Å². The third kappa shape index (κ3) is 5.55. The molecule has 0 saturated carbocycles. The molecule has 0 spiro atoms. The Bertz CT molecular complexity index is 1050. The number of carbonyl (C=O) groups is 2. The van der Waals surface area contributed by atoms with E-state index in [1.807, 2.05) is 59.5 Å². The number of fused-ring (bicyclic) bond motifs is 1. The van der Waals surface area contributed by atoms with Gasteiger partial charge in [0.15, 0.2) is 0 Å². The Morgan fingerprint density at radius 2 is 1.75 bits per heavy atom. The zero-order valence-corrected chi connectivity index (χ0v) is 18.8. The molecule has 0 unspecified atom stereocenters. The van der Waals surface area contributed by atoms with E-state index in [4.69, 9.17) is 4.98 Å². The van der Waals surface area contributed by atoms with Crippen molar-refractivity contribution in [1.82, 2.24) is 19.8 Å². The molecule has 2 heterocycles. The van der Waals surface area contributed by atoms with E-state index < -0.39 is 0 Å². The number of benzene rings is 2. The van der Waals surface area contributed by atoms with Crippen molar-refractivity contribution in [1.29, 1.82) is 0 Å². The Hall–Kier alpha value is -3.15. The third-order valence-electron chi connectivity index (χ3n) is 6.27. The highest BCUT2D eigenvalue weighted by Crippen LogP contribution is 2.20. The molecule has 0 radical (unpaired) electrons. The van der Waals surface area contributed by atoms with Gasteiger partial charge in [0, 0.05) is 26.1 Å². The van der Waals surface area contributed by atoms with Gasteiger partial charge < -0.3 is 14.8 Å². The maximum atomic E-state index is 13.0. The van der Waals surface area contributed by atoms with Crippen LogP contribution in [0.2, 0.25) is 0 Å². The second-order valence-electron chi connectivity index (χ2n) is 8.78.